The minimum absolute atomic E-state index is 0.174. The van der Waals surface area contributed by atoms with E-state index >= 15 is 0 Å². The van der Waals surface area contributed by atoms with Gasteiger partial charge in [-0.3, -0.25) is 0 Å². The molecule has 0 unspecified atom stereocenters. The van der Waals surface area contributed by atoms with Crippen molar-refractivity contribution in [1.29, 1.82) is 0 Å². The van der Waals surface area contributed by atoms with Crippen LogP contribution >= 0.6 is 0 Å². The Balaban J connectivity index is 2.13. The number of rotatable bonds is 5. The summed E-state index contributed by atoms with van der Waals surface area (Å²) in [5.74, 6) is -0.346. The van der Waals surface area contributed by atoms with Gasteiger partial charge in [0.2, 0.25) is 0 Å². The number of esters is 1. The van der Waals surface area contributed by atoms with Crippen molar-refractivity contribution in [3.8, 4) is 0 Å². The minimum atomic E-state index is -0.346. The van der Waals surface area contributed by atoms with Crippen molar-refractivity contribution in [1.82, 2.24) is 4.90 Å². The monoisotopic (exact) mass is 291 g/mol. The Morgan fingerprint density at radius 1 is 1.38 bits per heavy atom. The van der Waals surface area contributed by atoms with Gasteiger partial charge in [-0.25, -0.2) is 4.79 Å². The van der Waals surface area contributed by atoms with Crippen LogP contribution in [-0.4, -0.2) is 44.2 Å². The predicted octanol–water partition coefficient (Wildman–Crippen LogP) is 2.34. The van der Waals surface area contributed by atoms with Crippen LogP contribution in [0.5, 0.6) is 0 Å². The van der Waals surface area contributed by atoms with E-state index in [4.69, 9.17) is 10.5 Å². The Hall–Kier alpha value is -1.75. The number of hydrogen-bond acceptors (Lipinski definition) is 5. The highest BCUT2D eigenvalue weighted by Gasteiger charge is 2.35. The second-order valence-corrected chi connectivity index (χ2v) is 5.97. The van der Waals surface area contributed by atoms with E-state index < -0.39 is 0 Å². The molecule has 0 aromatic heterocycles. The molecule has 0 amide bonds. The van der Waals surface area contributed by atoms with Crippen LogP contribution in [0.1, 0.15) is 36.0 Å². The van der Waals surface area contributed by atoms with Gasteiger partial charge in [0.05, 0.1) is 24.0 Å². The zero-order valence-corrected chi connectivity index (χ0v) is 13.1. The molecule has 1 aromatic rings. The number of carbonyl (C=O) groups is 1. The Kier molecular flexibility index (Phi) is 4.73. The zero-order chi connectivity index (χ0) is 15.5. The predicted molar refractivity (Wildman–Crippen MR) is 85.6 cm³/mol. The van der Waals surface area contributed by atoms with E-state index in [1.54, 1.807) is 18.2 Å². The lowest BCUT2D eigenvalue weighted by Gasteiger charge is -2.37. The average molecular weight is 291 g/mol. The lowest BCUT2D eigenvalue weighted by Crippen LogP contribution is -2.47. The first kappa shape index (κ1) is 15.6. The lowest BCUT2D eigenvalue weighted by atomic mass is 9.96. The maximum atomic E-state index is 11.6. The highest BCUT2D eigenvalue weighted by Crippen LogP contribution is 2.34. The van der Waals surface area contributed by atoms with Gasteiger partial charge in [-0.15, -0.1) is 0 Å². The van der Waals surface area contributed by atoms with Gasteiger partial charge in [-0.05, 0) is 45.1 Å². The molecular formula is C16H25N3O2. The molecule has 21 heavy (non-hydrogen) atoms. The molecule has 1 saturated carbocycles. The van der Waals surface area contributed by atoms with Crippen molar-refractivity contribution in [2.45, 2.75) is 31.2 Å². The molecule has 0 bridgehead atoms. The Bertz CT molecular complexity index is 508. The fraction of sp³-hybridized carbons (Fsp3) is 0.562. The molecule has 1 aliphatic carbocycles. The number of carbonyl (C=O) groups excluding carboxylic acids is 1. The van der Waals surface area contributed by atoms with Gasteiger partial charge < -0.3 is 20.7 Å². The first-order valence-electron chi connectivity index (χ1n) is 7.38. The zero-order valence-electron chi connectivity index (χ0n) is 13.1. The fourth-order valence-corrected chi connectivity index (χ4v) is 3.03. The molecule has 0 saturated heterocycles. The van der Waals surface area contributed by atoms with Crippen LogP contribution in [0.2, 0.25) is 0 Å². The van der Waals surface area contributed by atoms with E-state index in [1.165, 1.54) is 32.8 Å². The smallest absolute Gasteiger partial charge is 0.337 e. The molecule has 5 nitrogen and oxygen atoms in total. The summed E-state index contributed by atoms with van der Waals surface area (Å²) < 4.78 is 4.75. The standard InChI is InChI=1S/C16H25N3O2/c1-19(2)16(8-4-5-9-16)11-18-14-10-12(15(20)21-3)6-7-13(14)17/h6-7,10,18H,4-5,8-9,11,17H2,1-3H3. The maximum absolute atomic E-state index is 11.6. The van der Waals surface area contributed by atoms with Crippen LogP contribution < -0.4 is 11.1 Å². The van der Waals surface area contributed by atoms with Crippen LogP contribution in [0.15, 0.2) is 18.2 Å². The summed E-state index contributed by atoms with van der Waals surface area (Å²) >= 11 is 0. The van der Waals surface area contributed by atoms with Gasteiger partial charge in [0.15, 0.2) is 0 Å². The van der Waals surface area contributed by atoms with Crippen molar-refractivity contribution >= 4 is 17.3 Å². The third-order valence-corrected chi connectivity index (χ3v) is 4.57. The van der Waals surface area contributed by atoms with Crippen LogP contribution in [0, 0.1) is 0 Å². The third kappa shape index (κ3) is 3.29. The molecule has 1 aliphatic rings. The number of nitrogens with zero attached hydrogens (tertiary/aromatic N) is 1. The second-order valence-electron chi connectivity index (χ2n) is 5.97. The summed E-state index contributed by atoms with van der Waals surface area (Å²) in [6, 6.07) is 5.19. The van der Waals surface area contributed by atoms with Gasteiger partial charge in [0.1, 0.15) is 0 Å². The molecule has 1 fully saturated rings. The average Bonchev–Trinajstić information content (AvgIpc) is 2.96. The molecule has 2 rings (SSSR count). The molecule has 5 heteroatoms. The van der Waals surface area contributed by atoms with Crippen molar-refractivity contribution < 1.29 is 9.53 Å². The Morgan fingerprint density at radius 3 is 2.62 bits per heavy atom. The molecular weight excluding hydrogens is 266 g/mol. The van der Waals surface area contributed by atoms with Crippen LogP contribution in [0.25, 0.3) is 0 Å². The van der Waals surface area contributed by atoms with Gasteiger partial charge >= 0.3 is 5.97 Å². The maximum Gasteiger partial charge on any atom is 0.337 e. The summed E-state index contributed by atoms with van der Waals surface area (Å²) in [5.41, 5.74) is 8.14. The highest BCUT2D eigenvalue weighted by atomic mass is 16.5. The molecule has 1 aromatic carbocycles. The van der Waals surface area contributed by atoms with Crippen LogP contribution in [0.3, 0.4) is 0 Å². The first-order chi connectivity index (χ1) is 9.98. The molecule has 0 aliphatic heterocycles. The molecule has 0 spiro atoms. The van der Waals surface area contributed by atoms with Gasteiger partial charge in [0.25, 0.3) is 0 Å². The number of likely N-dealkylation sites (N-methyl/N-ethyl adjacent to an activating group) is 1. The van der Waals surface area contributed by atoms with E-state index in [0.717, 1.165) is 12.2 Å². The van der Waals surface area contributed by atoms with E-state index in [0.29, 0.717) is 11.3 Å². The molecule has 0 atom stereocenters. The number of methoxy groups -OCH3 is 1. The third-order valence-electron chi connectivity index (χ3n) is 4.57. The van der Waals surface area contributed by atoms with E-state index in [9.17, 15) is 4.79 Å². The number of anilines is 2. The topological polar surface area (TPSA) is 67.6 Å². The summed E-state index contributed by atoms with van der Waals surface area (Å²) in [4.78, 5) is 13.9. The largest absolute Gasteiger partial charge is 0.465 e. The fourth-order valence-electron chi connectivity index (χ4n) is 3.03. The lowest BCUT2D eigenvalue weighted by molar-refractivity contribution is 0.0601. The molecule has 116 valence electrons. The number of benzene rings is 1. The number of nitrogens with one attached hydrogen (secondary N) is 1. The van der Waals surface area contributed by atoms with Crippen molar-refractivity contribution in [3.63, 3.8) is 0 Å². The Morgan fingerprint density at radius 2 is 2.05 bits per heavy atom. The molecule has 3 N–H and O–H groups in total. The van der Waals surface area contributed by atoms with E-state index in [2.05, 4.69) is 24.3 Å². The highest BCUT2D eigenvalue weighted by molar-refractivity contribution is 5.91. The van der Waals surface area contributed by atoms with E-state index in [-0.39, 0.29) is 11.5 Å². The second kappa shape index (κ2) is 6.35. The first-order valence-corrected chi connectivity index (χ1v) is 7.38. The van der Waals surface area contributed by atoms with Gasteiger partial charge in [-0.1, -0.05) is 12.8 Å². The van der Waals surface area contributed by atoms with Crippen molar-refractivity contribution in [2.24, 2.45) is 0 Å². The SMILES string of the molecule is COC(=O)c1ccc(N)c(NCC2(N(C)C)CCCC2)c1. The van der Waals surface area contributed by atoms with Crippen molar-refractivity contribution in [2.75, 3.05) is 38.8 Å². The number of hydrogen-bond donors (Lipinski definition) is 2. The Labute approximate surface area is 126 Å². The summed E-state index contributed by atoms with van der Waals surface area (Å²) in [5, 5.41) is 3.42. The van der Waals surface area contributed by atoms with Gasteiger partial charge in [-0.2, -0.15) is 0 Å². The summed E-state index contributed by atoms with van der Waals surface area (Å²) in [6.07, 6.45) is 4.89. The summed E-state index contributed by atoms with van der Waals surface area (Å²) in [6.45, 7) is 0.828. The van der Waals surface area contributed by atoms with E-state index in [1.807, 2.05) is 0 Å². The molecule has 0 heterocycles. The normalized spacial score (nSPS) is 17.0. The molecule has 0 radical (unpaired) electrons. The number of nitrogens with two attached hydrogens (primary N) is 1. The minimum Gasteiger partial charge on any atom is -0.465 e. The van der Waals surface area contributed by atoms with Crippen molar-refractivity contribution in [3.05, 3.63) is 23.8 Å². The summed E-state index contributed by atoms with van der Waals surface area (Å²) in [7, 11) is 5.63. The number of nitrogen functional groups attached to an aromatic ring is 1. The number of ether oxygens (including phenoxy) is 1. The van der Waals surface area contributed by atoms with Crippen LogP contribution in [-0.2, 0) is 4.74 Å². The van der Waals surface area contributed by atoms with Gasteiger partial charge in [0, 0.05) is 12.1 Å². The quantitative estimate of drug-likeness (QED) is 0.644. The van der Waals surface area contributed by atoms with Crippen LogP contribution in [0.4, 0.5) is 11.4 Å².